The van der Waals surface area contributed by atoms with Crippen molar-refractivity contribution in [3.05, 3.63) is 35.7 Å². The van der Waals surface area contributed by atoms with Gasteiger partial charge >= 0.3 is 6.18 Å². The molecule has 16 heavy (non-hydrogen) atoms. The van der Waals surface area contributed by atoms with E-state index in [0.717, 1.165) is 11.6 Å². The summed E-state index contributed by atoms with van der Waals surface area (Å²) in [7, 11) is 0. The molecule has 0 spiro atoms. The van der Waals surface area contributed by atoms with E-state index in [-0.39, 0.29) is 5.92 Å². The van der Waals surface area contributed by atoms with E-state index in [4.69, 9.17) is 0 Å². The summed E-state index contributed by atoms with van der Waals surface area (Å²) in [6.45, 7) is 3.99. The zero-order chi connectivity index (χ0) is 11.9. The van der Waals surface area contributed by atoms with Crippen LogP contribution in [0.4, 0.5) is 13.2 Å². The van der Waals surface area contributed by atoms with Crippen LogP contribution in [0.25, 0.3) is 5.52 Å². The van der Waals surface area contributed by atoms with Crippen LogP contribution < -0.4 is 0 Å². The molecule has 0 aliphatic carbocycles. The Morgan fingerprint density at radius 1 is 1.25 bits per heavy atom. The van der Waals surface area contributed by atoms with E-state index in [1.54, 1.807) is 18.3 Å². The van der Waals surface area contributed by atoms with Gasteiger partial charge in [0, 0.05) is 6.20 Å². The summed E-state index contributed by atoms with van der Waals surface area (Å²) in [5.41, 5.74) is 0.619. The second-order valence-corrected chi connectivity index (χ2v) is 4.01. The first-order valence-electron chi connectivity index (χ1n) is 4.94. The molecule has 0 aliphatic rings. The van der Waals surface area contributed by atoms with Crippen LogP contribution in [0, 0.1) is 0 Å². The third-order valence-electron chi connectivity index (χ3n) is 2.44. The average molecular weight is 228 g/mol. The third kappa shape index (κ3) is 1.89. The fourth-order valence-electron chi connectivity index (χ4n) is 1.51. The highest BCUT2D eigenvalue weighted by atomic mass is 19.4. The number of pyridine rings is 1. The van der Waals surface area contributed by atoms with Crippen molar-refractivity contribution in [2.45, 2.75) is 25.9 Å². The maximum atomic E-state index is 12.4. The number of nitrogens with zero attached hydrogens (tertiary/aromatic N) is 2. The van der Waals surface area contributed by atoms with Crippen LogP contribution in [0.3, 0.4) is 0 Å². The molecule has 0 radical (unpaired) electrons. The summed E-state index contributed by atoms with van der Waals surface area (Å²) in [4.78, 5) is 0. The standard InChI is InChI=1S/C11H11F3N2/c1-7(2)8-3-4-16-9(5-8)6-10(15-16)11(12,13)14/h3-7H,1-2H3. The number of hydrogen-bond donors (Lipinski definition) is 0. The molecule has 0 unspecified atom stereocenters. The van der Waals surface area contributed by atoms with Gasteiger partial charge in [-0.3, -0.25) is 0 Å². The van der Waals surface area contributed by atoms with Crippen molar-refractivity contribution < 1.29 is 13.2 Å². The maximum Gasteiger partial charge on any atom is 0.435 e. The second-order valence-electron chi connectivity index (χ2n) is 4.01. The van der Waals surface area contributed by atoms with Crippen molar-refractivity contribution in [3.8, 4) is 0 Å². The number of rotatable bonds is 1. The zero-order valence-corrected chi connectivity index (χ0v) is 8.92. The molecule has 0 fully saturated rings. The van der Waals surface area contributed by atoms with Gasteiger partial charge in [-0.1, -0.05) is 13.8 Å². The number of fused-ring (bicyclic) bond motifs is 1. The van der Waals surface area contributed by atoms with E-state index in [1.807, 2.05) is 13.8 Å². The first-order valence-corrected chi connectivity index (χ1v) is 4.94. The molecule has 0 aliphatic heterocycles. The second kappa shape index (κ2) is 3.50. The minimum atomic E-state index is -4.38. The van der Waals surface area contributed by atoms with Gasteiger partial charge in [-0.25, -0.2) is 4.52 Å². The molecule has 0 bridgehead atoms. The lowest BCUT2D eigenvalue weighted by Crippen LogP contribution is -2.05. The van der Waals surface area contributed by atoms with Gasteiger partial charge in [0.25, 0.3) is 0 Å². The topological polar surface area (TPSA) is 17.3 Å². The maximum absolute atomic E-state index is 12.4. The Balaban J connectivity index is 2.54. The molecule has 0 aromatic carbocycles. The summed E-state index contributed by atoms with van der Waals surface area (Å²) < 4.78 is 38.5. The Morgan fingerprint density at radius 3 is 2.50 bits per heavy atom. The first-order chi connectivity index (χ1) is 7.38. The van der Waals surface area contributed by atoms with E-state index >= 15 is 0 Å². The van der Waals surface area contributed by atoms with Gasteiger partial charge in [0.2, 0.25) is 0 Å². The molecule has 0 saturated heterocycles. The third-order valence-corrected chi connectivity index (χ3v) is 2.44. The van der Waals surface area contributed by atoms with E-state index in [9.17, 15) is 13.2 Å². The molecule has 5 heteroatoms. The van der Waals surface area contributed by atoms with Crippen molar-refractivity contribution in [1.29, 1.82) is 0 Å². The quantitative estimate of drug-likeness (QED) is 0.730. The fourth-order valence-corrected chi connectivity index (χ4v) is 1.51. The Labute approximate surface area is 90.7 Å². The van der Waals surface area contributed by atoms with Crippen molar-refractivity contribution in [1.82, 2.24) is 9.61 Å². The molecule has 0 amide bonds. The van der Waals surface area contributed by atoms with Gasteiger partial charge < -0.3 is 0 Å². The molecule has 2 aromatic heterocycles. The molecular formula is C11H11F3N2. The Hall–Kier alpha value is -1.52. The van der Waals surface area contributed by atoms with E-state index < -0.39 is 11.9 Å². The Morgan fingerprint density at radius 2 is 1.94 bits per heavy atom. The number of hydrogen-bond acceptors (Lipinski definition) is 1. The predicted octanol–water partition coefficient (Wildman–Crippen LogP) is 3.48. The molecule has 2 rings (SSSR count). The van der Waals surface area contributed by atoms with Gasteiger partial charge in [0.1, 0.15) is 0 Å². The van der Waals surface area contributed by atoms with Gasteiger partial charge in [-0.15, -0.1) is 0 Å². The first kappa shape index (κ1) is 11.0. The predicted molar refractivity (Wildman–Crippen MR) is 54.3 cm³/mol. The summed E-state index contributed by atoms with van der Waals surface area (Å²) in [6, 6.07) is 4.57. The number of aromatic nitrogens is 2. The summed E-state index contributed by atoms with van der Waals surface area (Å²) in [6.07, 6.45) is -2.83. The molecule has 86 valence electrons. The molecule has 2 aromatic rings. The van der Waals surface area contributed by atoms with Crippen LogP contribution in [-0.2, 0) is 6.18 Å². The highest BCUT2D eigenvalue weighted by Gasteiger charge is 2.33. The summed E-state index contributed by atoms with van der Waals surface area (Å²) >= 11 is 0. The summed E-state index contributed by atoms with van der Waals surface area (Å²) in [5, 5.41) is 3.48. The monoisotopic (exact) mass is 228 g/mol. The van der Waals surface area contributed by atoms with Crippen LogP contribution in [0.2, 0.25) is 0 Å². The Kier molecular flexibility index (Phi) is 2.40. The Bertz CT molecular complexity index is 511. The van der Waals surface area contributed by atoms with Gasteiger partial charge in [-0.2, -0.15) is 18.3 Å². The summed E-state index contributed by atoms with van der Waals surface area (Å²) in [5.74, 6) is 0.286. The van der Waals surface area contributed by atoms with Crippen LogP contribution in [0.5, 0.6) is 0 Å². The molecule has 2 heterocycles. The minimum absolute atomic E-state index is 0.286. The SMILES string of the molecule is CC(C)c1ccn2nc(C(F)(F)F)cc2c1. The van der Waals surface area contributed by atoms with E-state index in [1.165, 1.54) is 4.52 Å². The van der Waals surface area contributed by atoms with Crippen LogP contribution >= 0.6 is 0 Å². The van der Waals surface area contributed by atoms with Gasteiger partial charge in [0.15, 0.2) is 5.69 Å². The zero-order valence-electron chi connectivity index (χ0n) is 8.92. The lowest BCUT2D eigenvalue weighted by Gasteiger charge is -2.04. The van der Waals surface area contributed by atoms with E-state index in [0.29, 0.717) is 5.52 Å². The lowest BCUT2D eigenvalue weighted by molar-refractivity contribution is -0.141. The van der Waals surface area contributed by atoms with Gasteiger partial charge in [-0.05, 0) is 29.7 Å². The van der Waals surface area contributed by atoms with Crippen LogP contribution in [0.1, 0.15) is 31.0 Å². The smallest absolute Gasteiger partial charge is 0.240 e. The lowest BCUT2D eigenvalue weighted by atomic mass is 10.0. The molecule has 0 saturated carbocycles. The minimum Gasteiger partial charge on any atom is -0.240 e. The fraction of sp³-hybridized carbons (Fsp3) is 0.364. The largest absolute Gasteiger partial charge is 0.435 e. The normalized spacial score (nSPS) is 12.6. The average Bonchev–Trinajstić information content (AvgIpc) is 2.58. The van der Waals surface area contributed by atoms with Crippen molar-refractivity contribution >= 4 is 5.52 Å². The van der Waals surface area contributed by atoms with Crippen LogP contribution in [-0.4, -0.2) is 9.61 Å². The number of halogens is 3. The highest BCUT2D eigenvalue weighted by molar-refractivity contribution is 5.50. The molecular weight excluding hydrogens is 217 g/mol. The van der Waals surface area contributed by atoms with Crippen molar-refractivity contribution in [3.63, 3.8) is 0 Å². The van der Waals surface area contributed by atoms with E-state index in [2.05, 4.69) is 5.10 Å². The van der Waals surface area contributed by atoms with Crippen LogP contribution in [0.15, 0.2) is 24.4 Å². The molecule has 2 nitrogen and oxygen atoms in total. The molecule has 0 N–H and O–H groups in total. The highest BCUT2D eigenvalue weighted by Crippen LogP contribution is 2.29. The number of alkyl halides is 3. The van der Waals surface area contributed by atoms with Crippen molar-refractivity contribution in [2.24, 2.45) is 0 Å². The van der Waals surface area contributed by atoms with Crippen molar-refractivity contribution in [2.75, 3.05) is 0 Å². The molecule has 0 atom stereocenters. The van der Waals surface area contributed by atoms with Gasteiger partial charge in [0.05, 0.1) is 5.52 Å².